The molecule has 4 aliphatic heterocycles. The van der Waals surface area contributed by atoms with Gasteiger partial charge in [0.2, 0.25) is 0 Å². The first-order valence-corrected chi connectivity index (χ1v) is 26.2. The number of hydrogen-bond donors (Lipinski definition) is 2. The van der Waals surface area contributed by atoms with Gasteiger partial charge in [0.05, 0.1) is 31.2 Å². The molecule has 2 N–H and O–H groups in total. The fraction of sp³-hybridized carbons (Fsp3) is 0.610. The molecule has 4 unspecified atom stereocenters. The fourth-order valence-corrected chi connectivity index (χ4v) is 12.8. The zero-order valence-electron chi connectivity index (χ0n) is 42.6. The SMILES string of the molecule is CC(C)(C)C1CCC(Oc2cccc3cc(C=O)ccc23)CC1.COC(=O)C1CC2CCC(C1)N2Cc1ccc2c(OC3CCC(C(C)(C)C)CC3)cccc2c1.Cl.O=C(O)C1CC2CCC(C1)N2. The van der Waals surface area contributed by atoms with Crippen molar-refractivity contribution in [1.29, 1.82) is 0 Å². The molecule has 0 amide bonds. The number of piperidine rings is 2. The summed E-state index contributed by atoms with van der Waals surface area (Å²) in [7, 11) is 1.51. The molecule has 69 heavy (non-hydrogen) atoms. The molecule has 4 aromatic carbocycles. The second-order valence-corrected chi connectivity index (χ2v) is 23.5. The number of carboxylic acid groups (broad SMARTS) is 1. The number of nitrogens with zero attached hydrogens (tertiary/aromatic N) is 1. The van der Waals surface area contributed by atoms with E-state index >= 15 is 0 Å². The van der Waals surface area contributed by atoms with Gasteiger partial charge in [0.15, 0.2) is 0 Å². The molecule has 2 aliphatic carbocycles. The Morgan fingerprint density at radius 1 is 0.638 bits per heavy atom. The van der Waals surface area contributed by atoms with Gasteiger partial charge in [-0.2, -0.15) is 0 Å². The van der Waals surface area contributed by atoms with Crippen molar-refractivity contribution in [2.24, 2.45) is 34.5 Å². The van der Waals surface area contributed by atoms with Crippen molar-refractivity contribution in [3.8, 4) is 11.5 Å². The Morgan fingerprint density at radius 3 is 1.59 bits per heavy atom. The summed E-state index contributed by atoms with van der Waals surface area (Å²) in [6, 6.07) is 27.2. The van der Waals surface area contributed by atoms with Gasteiger partial charge in [-0.25, -0.2) is 0 Å². The topological polar surface area (TPSA) is 114 Å². The smallest absolute Gasteiger partial charge is 0.308 e. The molecule has 0 radical (unpaired) electrons. The lowest BCUT2D eigenvalue weighted by atomic mass is 9.72. The van der Waals surface area contributed by atoms with Crippen LogP contribution < -0.4 is 14.8 Å². The molecular formula is C59H81ClN2O7. The number of hydrogen-bond acceptors (Lipinski definition) is 8. The van der Waals surface area contributed by atoms with E-state index in [-0.39, 0.29) is 30.2 Å². The van der Waals surface area contributed by atoms with Crippen molar-refractivity contribution >= 4 is 52.2 Å². The molecule has 0 aromatic heterocycles. The number of aldehydes is 1. The van der Waals surface area contributed by atoms with E-state index in [9.17, 15) is 14.4 Å². The molecule has 4 atom stereocenters. The lowest BCUT2D eigenvalue weighted by Crippen LogP contribution is -2.44. The van der Waals surface area contributed by atoms with Gasteiger partial charge in [-0.3, -0.25) is 19.3 Å². The Bertz CT molecular complexity index is 2330. The van der Waals surface area contributed by atoms with Gasteiger partial charge in [-0.15, -0.1) is 12.4 Å². The quantitative estimate of drug-likeness (QED) is 0.125. The summed E-state index contributed by atoms with van der Waals surface area (Å²) in [5, 5.41) is 16.8. The Kier molecular flexibility index (Phi) is 17.5. The van der Waals surface area contributed by atoms with Crippen LogP contribution in [0, 0.1) is 34.5 Å². The van der Waals surface area contributed by atoms with Crippen LogP contribution in [0.5, 0.6) is 11.5 Å². The molecule has 4 heterocycles. The average Bonchev–Trinajstić information content (AvgIpc) is 3.77. The van der Waals surface area contributed by atoms with Crippen LogP contribution in [0.25, 0.3) is 21.5 Å². The first-order chi connectivity index (χ1) is 32.5. The Balaban J connectivity index is 0.000000172. The minimum atomic E-state index is -0.608. The molecule has 10 rings (SSSR count). The molecular weight excluding hydrogens is 884 g/mol. The Labute approximate surface area is 418 Å². The van der Waals surface area contributed by atoms with Crippen LogP contribution in [-0.4, -0.2) is 71.7 Å². The highest BCUT2D eigenvalue weighted by Gasteiger charge is 2.43. The maximum absolute atomic E-state index is 12.1. The van der Waals surface area contributed by atoms with E-state index in [2.05, 4.69) is 88.2 Å². The number of carbonyl (C=O) groups excluding carboxylic acids is 2. The summed E-state index contributed by atoms with van der Waals surface area (Å²) in [5.74, 6) is 2.94. The summed E-state index contributed by atoms with van der Waals surface area (Å²) in [4.78, 5) is 36.3. The van der Waals surface area contributed by atoms with Crippen molar-refractivity contribution in [3.63, 3.8) is 0 Å². The van der Waals surface area contributed by atoms with E-state index in [0.29, 0.717) is 52.8 Å². The van der Waals surface area contributed by atoms with Crippen LogP contribution >= 0.6 is 12.4 Å². The number of ether oxygens (including phenoxy) is 3. The number of nitrogens with one attached hydrogen (secondary N) is 1. The zero-order valence-corrected chi connectivity index (χ0v) is 43.4. The van der Waals surface area contributed by atoms with Gasteiger partial charge < -0.3 is 24.6 Å². The number of benzene rings is 4. The van der Waals surface area contributed by atoms with Crippen LogP contribution in [-0.2, 0) is 20.9 Å². The second-order valence-electron chi connectivity index (χ2n) is 23.5. The van der Waals surface area contributed by atoms with Crippen LogP contribution in [0.3, 0.4) is 0 Å². The Morgan fingerprint density at radius 2 is 1.13 bits per heavy atom. The number of carbonyl (C=O) groups is 3. The van der Waals surface area contributed by atoms with Gasteiger partial charge in [0.25, 0.3) is 0 Å². The standard InChI is InChI=1S/C30H41NO3.C21H26O2.C8H13NO2.ClH/c1-30(2,3)23-9-13-26(14-10-23)34-28-7-5-6-21-16-20(8-15-27(21)28)19-31-24-11-12-25(31)18-22(17-24)29(32)33-4;1-21(2,3)17-8-10-18(11-9-17)23-20-6-4-5-16-13-15(14-22)7-12-19(16)20;10-8(11)5-3-6-1-2-7(4-5)9-6;/h5-8,15-16,22-26H,9-14,17-19H2,1-4H3;4-7,12-14,17-18H,8-11H2,1-3H3;5-7,9H,1-4H2,(H,10,11);1H. The van der Waals surface area contributed by atoms with Crippen molar-refractivity contribution < 1.29 is 33.7 Å². The third kappa shape index (κ3) is 13.2. The molecule has 4 bridgehead atoms. The number of esters is 1. The van der Waals surface area contributed by atoms with Crippen molar-refractivity contribution in [2.45, 2.75) is 187 Å². The summed E-state index contributed by atoms with van der Waals surface area (Å²) in [6.07, 6.45) is 19.4. The normalized spacial score (nSPS) is 28.8. The van der Waals surface area contributed by atoms with Crippen LogP contribution in [0.4, 0.5) is 0 Å². The summed E-state index contributed by atoms with van der Waals surface area (Å²) < 4.78 is 17.9. The van der Waals surface area contributed by atoms with E-state index in [1.807, 2.05) is 36.4 Å². The molecule has 376 valence electrons. The number of rotatable bonds is 9. The predicted octanol–water partition coefficient (Wildman–Crippen LogP) is 13.4. The highest BCUT2D eigenvalue weighted by Crippen LogP contribution is 2.43. The molecule has 6 aliphatic rings. The first kappa shape index (κ1) is 52.6. The van der Waals surface area contributed by atoms with Gasteiger partial charge >= 0.3 is 11.9 Å². The first-order valence-electron chi connectivity index (χ1n) is 26.2. The van der Waals surface area contributed by atoms with E-state index in [1.54, 1.807) is 0 Å². The lowest BCUT2D eigenvalue weighted by molar-refractivity contribution is -0.148. The highest BCUT2D eigenvalue weighted by atomic mass is 35.5. The average molecular weight is 966 g/mol. The molecule has 6 fully saturated rings. The second kappa shape index (κ2) is 22.9. The van der Waals surface area contributed by atoms with Crippen molar-refractivity contribution in [1.82, 2.24) is 10.2 Å². The van der Waals surface area contributed by atoms with Crippen LogP contribution in [0.1, 0.15) is 160 Å². The minimum absolute atomic E-state index is 0. The third-order valence-electron chi connectivity index (χ3n) is 16.9. The monoisotopic (exact) mass is 965 g/mol. The van der Waals surface area contributed by atoms with E-state index in [4.69, 9.17) is 19.3 Å². The molecule has 9 nitrogen and oxygen atoms in total. The van der Waals surface area contributed by atoms with Gasteiger partial charge in [-0.05, 0) is 172 Å². The number of methoxy groups -OCH3 is 1. The molecule has 4 saturated heterocycles. The fourth-order valence-electron chi connectivity index (χ4n) is 12.8. The third-order valence-corrected chi connectivity index (χ3v) is 16.9. The summed E-state index contributed by atoms with van der Waals surface area (Å²) in [6.45, 7) is 15.1. The van der Waals surface area contributed by atoms with Crippen LogP contribution in [0.15, 0.2) is 72.8 Å². The number of aliphatic carboxylic acids is 1. The zero-order chi connectivity index (χ0) is 48.2. The maximum atomic E-state index is 12.1. The lowest BCUT2D eigenvalue weighted by Gasteiger charge is -2.38. The van der Waals surface area contributed by atoms with Crippen LogP contribution in [0.2, 0.25) is 0 Å². The minimum Gasteiger partial charge on any atom is -0.490 e. The number of carboxylic acids is 1. The Hall–Kier alpha value is -4.18. The van der Waals surface area contributed by atoms with E-state index < -0.39 is 5.97 Å². The van der Waals surface area contributed by atoms with Gasteiger partial charge in [0, 0.05) is 47.0 Å². The molecule has 0 spiro atoms. The molecule has 10 heteroatoms. The van der Waals surface area contributed by atoms with E-state index in [1.165, 1.54) is 74.8 Å². The molecule has 2 saturated carbocycles. The van der Waals surface area contributed by atoms with Crippen molar-refractivity contribution in [3.05, 3.63) is 83.9 Å². The van der Waals surface area contributed by atoms with Gasteiger partial charge in [-0.1, -0.05) is 84.0 Å². The summed E-state index contributed by atoms with van der Waals surface area (Å²) in [5.41, 5.74) is 2.86. The highest BCUT2D eigenvalue weighted by molar-refractivity contribution is 5.93. The predicted molar refractivity (Wildman–Crippen MR) is 280 cm³/mol. The summed E-state index contributed by atoms with van der Waals surface area (Å²) >= 11 is 0. The largest absolute Gasteiger partial charge is 0.490 e. The van der Waals surface area contributed by atoms with Crippen molar-refractivity contribution in [2.75, 3.05) is 7.11 Å². The van der Waals surface area contributed by atoms with E-state index in [0.717, 1.165) is 98.3 Å². The number of halogens is 1. The maximum Gasteiger partial charge on any atom is 0.308 e. The number of fused-ring (bicyclic) bond motifs is 6. The van der Waals surface area contributed by atoms with Gasteiger partial charge in [0.1, 0.15) is 17.8 Å². The molecule has 4 aromatic rings.